The van der Waals surface area contributed by atoms with Crippen LogP contribution in [-0.4, -0.2) is 46.7 Å². The minimum absolute atomic E-state index is 0.166. The highest BCUT2D eigenvalue weighted by molar-refractivity contribution is 6.00. The summed E-state index contributed by atoms with van der Waals surface area (Å²) in [7, 11) is 4.52. The number of hydrogen-bond acceptors (Lipinski definition) is 7. The molecule has 2 unspecified atom stereocenters. The van der Waals surface area contributed by atoms with Crippen molar-refractivity contribution in [2.24, 2.45) is 17.3 Å². The normalized spacial score (nSPS) is 26.4. The van der Waals surface area contributed by atoms with E-state index in [-0.39, 0.29) is 11.6 Å². The first-order chi connectivity index (χ1) is 15.0. The molecule has 2 aliphatic rings. The molecule has 0 spiro atoms. The minimum Gasteiger partial charge on any atom is -0.493 e. The summed E-state index contributed by atoms with van der Waals surface area (Å²) in [5.74, 6) is -0.533. The van der Waals surface area contributed by atoms with E-state index in [0.29, 0.717) is 29.4 Å². The summed E-state index contributed by atoms with van der Waals surface area (Å²) >= 11 is 0. The molecule has 0 radical (unpaired) electrons. The molecule has 1 aromatic rings. The van der Waals surface area contributed by atoms with Crippen molar-refractivity contribution < 1.29 is 19.1 Å². The zero-order valence-electron chi connectivity index (χ0n) is 18.2. The average Bonchev–Trinajstić information content (AvgIpc) is 2.82. The smallest absolute Gasteiger partial charge is 0.203 e. The van der Waals surface area contributed by atoms with Gasteiger partial charge in [-0.3, -0.25) is 0 Å². The summed E-state index contributed by atoms with van der Waals surface area (Å²) < 4.78 is 16.4. The second-order valence-corrected chi connectivity index (χ2v) is 7.77. The Balaban J connectivity index is 2.32. The van der Waals surface area contributed by atoms with Crippen molar-refractivity contribution >= 4 is 5.71 Å². The number of benzene rings is 1. The third-order valence-corrected chi connectivity index (χ3v) is 6.51. The Hall–Kier alpha value is -3.54. The molecule has 8 nitrogen and oxygen atoms in total. The van der Waals surface area contributed by atoms with E-state index < -0.39 is 17.3 Å². The summed E-state index contributed by atoms with van der Waals surface area (Å²) in [5, 5.41) is 38.9. The van der Waals surface area contributed by atoms with E-state index in [9.17, 15) is 15.8 Å². The molecule has 0 bridgehead atoms. The molecule has 1 heterocycles. The second-order valence-electron chi connectivity index (χ2n) is 7.77. The maximum atomic E-state index is 10.2. The fraction of sp³-hybridized carbons (Fsp3) is 0.478. The lowest BCUT2D eigenvalue weighted by Gasteiger charge is -2.46. The number of hydrogen-bond donors (Lipinski definition) is 2. The van der Waals surface area contributed by atoms with E-state index in [2.05, 4.69) is 25.1 Å². The summed E-state index contributed by atoms with van der Waals surface area (Å²) in [6.07, 6.45) is 2.01. The Morgan fingerprint density at radius 1 is 1.10 bits per heavy atom. The molecule has 2 N–H and O–H groups in total. The Morgan fingerprint density at radius 3 is 2.16 bits per heavy atom. The molecule has 0 aromatic heterocycles. The first-order valence-corrected chi connectivity index (χ1v) is 10.1. The first kappa shape index (κ1) is 22.2. The quantitative estimate of drug-likeness (QED) is 0.694. The molecule has 0 saturated heterocycles. The molecule has 1 fully saturated rings. The van der Waals surface area contributed by atoms with Gasteiger partial charge in [0.05, 0.1) is 64.9 Å². The Morgan fingerprint density at radius 2 is 1.71 bits per heavy atom. The lowest BCUT2D eigenvalue weighted by molar-refractivity contribution is -0.897. The molecule has 1 aliphatic heterocycles. The molecule has 160 valence electrons. The molecular formula is C23H26N5O3+. The maximum absolute atomic E-state index is 10.2. The highest BCUT2D eigenvalue weighted by Crippen LogP contribution is 2.54. The van der Waals surface area contributed by atoms with Crippen LogP contribution in [0.15, 0.2) is 23.8 Å². The highest BCUT2D eigenvalue weighted by atomic mass is 16.5. The van der Waals surface area contributed by atoms with Crippen molar-refractivity contribution in [1.82, 2.24) is 0 Å². The lowest BCUT2D eigenvalue weighted by atomic mass is 9.54. The largest absolute Gasteiger partial charge is 0.493 e. The van der Waals surface area contributed by atoms with Gasteiger partial charge in [0.15, 0.2) is 16.9 Å². The summed E-state index contributed by atoms with van der Waals surface area (Å²) in [6, 6.07) is 9.88. The van der Waals surface area contributed by atoms with Gasteiger partial charge in [0.2, 0.25) is 5.75 Å². The molecule has 31 heavy (non-hydrogen) atoms. The number of nitrogens with zero attached hydrogens (tertiary/aromatic N) is 3. The number of likely N-dealkylation sites (N-methyl/N-ethyl adjacent to an activating group) is 1. The van der Waals surface area contributed by atoms with Gasteiger partial charge in [0.25, 0.3) is 0 Å². The van der Waals surface area contributed by atoms with Crippen LogP contribution in [0.1, 0.15) is 18.4 Å². The number of rotatable bonds is 5. The van der Waals surface area contributed by atoms with Gasteiger partial charge in [-0.25, -0.2) is 0 Å². The number of quaternary nitrogens is 1. The van der Waals surface area contributed by atoms with E-state index in [1.165, 1.54) is 26.2 Å². The predicted molar refractivity (Wildman–Crippen MR) is 112 cm³/mol. The minimum atomic E-state index is -1.77. The average molecular weight is 420 g/mol. The van der Waals surface area contributed by atoms with Crippen LogP contribution in [0.2, 0.25) is 0 Å². The molecule has 3 rings (SSSR count). The van der Waals surface area contributed by atoms with Gasteiger partial charge in [0.1, 0.15) is 5.92 Å². The molecule has 1 saturated carbocycles. The van der Waals surface area contributed by atoms with Crippen LogP contribution in [0, 0.1) is 56.7 Å². The third kappa shape index (κ3) is 3.28. The maximum Gasteiger partial charge on any atom is 0.203 e. The topological polar surface area (TPSA) is 127 Å². The Labute approximate surface area is 182 Å². The molecule has 0 amide bonds. The Kier molecular flexibility index (Phi) is 6.20. The van der Waals surface area contributed by atoms with E-state index in [4.69, 9.17) is 19.6 Å². The van der Waals surface area contributed by atoms with Crippen molar-refractivity contribution in [3.05, 3.63) is 29.3 Å². The van der Waals surface area contributed by atoms with Gasteiger partial charge in [-0.05, 0) is 36.3 Å². The standard InChI is InChI=1S/C23H25N5O3/c1-5-28-7-6-15-16(10-24)22(27)23(12-25,13-26)20(17(15)11-28)14-8-18(29-2)21(31-4)19(9-14)30-3/h6,8-9,16-17,20,27H,5,7,11H2,1-4H3/p+1/t16?,17-,20-/m0/s1. The fourth-order valence-corrected chi connectivity index (χ4v) is 4.91. The predicted octanol–water partition coefficient (Wildman–Crippen LogP) is 1.46. The number of fused-ring (bicyclic) bond motifs is 1. The fourth-order valence-electron chi connectivity index (χ4n) is 4.91. The van der Waals surface area contributed by atoms with E-state index in [1.807, 2.05) is 6.08 Å². The van der Waals surface area contributed by atoms with Gasteiger partial charge < -0.3 is 24.5 Å². The number of nitriles is 3. The molecular weight excluding hydrogens is 394 g/mol. The van der Waals surface area contributed by atoms with Crippen LogP contribution in [0.25, 0.3) is 0 Å². The summed E-state index contributed by atoms with van der Waals surface area (Å²) in [4.78, 5) is 1.29. The van der Waals surface area contributed by atoms with Crippen molar-refractivity contribution in [2.45, 2.75) is 12.8 Å². The van der Waals surface area contributed by atoms with Crippen molar-refractivity contribution in [2.75, 3.05) is 41.0 Å². The zero-order chi connectivity index (χ0) is 22.8. The van der Waals surface area contributed by atoms with Crippen LogP contribution in [0.5, 0.6) is 17.2 Å². The van der Waals surface area contributed by atoms with Crippen LogP contribution < -0.4 is 19.1 Å². The molecule has 4 atom stereocenters. The van der Waals surface area contributed by atoms with Crippen molar-refractivity contribution in [3.8, 4) is 35.5 Å². The van der Waals surface area contributed by atoms with Crippen molar-refractivity contribution in [3.63, 3.8) is 0 Å². The second kappa shape index (κ2) is 8.68. The molecule has 1 aliphatic carbocycles. The van der Waals surface area contributed by atoms with Gasteiger partial charge in [-0.2, -0.15) is 15.8 Å². The van der Waals surface area contributed by atoms with Crippen molar-refractivity contribution in [1.29, 1.82) is 21.2 Å². The molecule has 8 heteroatoms. The van der Waals surface area contributed by atoms with Gasteiger partial charge in [-0.1, -0.05) is 0 Å². The van der Waals surface area contributed by atoms with Crippen LogP contribution in [-0.2, 0) is 0 Å². The zero-order valence-corrected chi connectivity index (χ0v) is 18.2. The highest BCUT2D eigenvalue weighted by Gasteiger charge is 2.58. The van der Waals surface area contributed by atoms with E-state index in [1.54, 1.807) is 12.1 Å². The SMILES string of the molecule is CC[NH+]1CC=C2C(C#N)C(=N)C(C#N)(C#N)[C@@H](c3cc(OC)c(OC)c(OC)c3)[C@H]2C1. The van der Waals surface area contributed by atoms with Crippen LogP contribution in [0.3, 0.4) is 0 Å². The Bertz CT molecular complexity index is 1000. The summed E-state index contributed by atoms with van der Waals surface area (Å²) in [6.45, 7) is 4.38. The number of methoxy groups -OCH3 is 3. The number of ether oxygens (including phenoxy) is 3. The molecule has 1 aromatic carbocycles. The third-order valence-electron chi connectivity index (χ3n) is 6.51. The van der Waals surface area contributed by atoms with Gasteiger partial charge in [-0.15, -0.1) is 0 Å². The van der Waals surface area contributed by atoms with Gasteiger partial charge >= 0.3 is 0 Å². The summed E-state index contributed by atoms with van der Waals surface area (Å²) in [5.41, 5.74) is -0.471. The van der Waals surface area contributed by atoms with E-state index in [0.717, 1.165) is 18.7 Å². The lowest BCUT2D eigenvalue weighted by Crippen LogP contribution is -3.13. The van der Waals surface area contributed by atoms with E-state index >= 15 is 0 Å². The number of nitrogens with one attached hydrogen (secondary N) is 2. The van der Waals surface area contributed by atoms with Crippen LogP contribution in [0.4, 0.5) is 0 Å². The van der Waals surface area contributed by atoms with Crippen LogP contribution >= 0.6 is 0 Å². The van der Waals surface area contributed by atoms with Gasteiger partial charge in [0, 0.05) is 11.8 Å². The monoisotopic (exact) mass is 420 g/mol. The first-order valence-electron chi connectivity index (χ1n) is 10.1.